The predicted molar refractivity (Wildman–Crippen MR) is 77.9 cm³/mol. The number of benzene rings is 1. The largest absolute Gasteiger partial charge is 0.478 e. The highest BCUT2D eigenvalue weighted by molar-refractivity contribution is 5.89. The number of amides is 1. The van der Waals surface area contributed by atoms with E-state index in [1.54, 1.807) is 24.3 Å². The molecule has 1 amide bonds. The monoisotopic (exact) mass is 280 g/mol. The van der Waals surface area contributed by atoms with E-state index in [9.17, 15) is 9.59 Å². The third-order valence-corrected chi connectivity index (χ3v) is 2.52. The van der Waals surface area contributed by atoms with Crippen LogP contribution < -0.4 is 5.32 Å². The van der Waals surface area contributed by atoms with Gasteiger partial charge in [0.15, 0.2) is 0 Å². The minimum atomic E-state index is -1.04. The van der Waals surface area contributed by atoms with Crippen molar-refractivity contribution in [2.24, 2.45) is 0 Å². The summed E-state index contributed by atoms with van der Waals surface area (Å²) in [5.41, 5.74) is 1.97. The number of nitrogens with zero attached hydrogens (tertiary/aromatic N) is 1. The van der Waals surface area contributed by atoms with E-state index in [0.717, 1.165) is 0 Å². The molecule has 5 heteroatoms. The Labute approximate surface area is 121 Å². The number of hydrogen-bond donors (Lipinski definition) is 2. The van der Waals surface area contributed by atoms with Gasteiger partial charge in [-0.1, -0.05) is 17.9 Å². The maximum atomic E-state index is 11.0. The van der Waals surface area contributed by atoms with E-state index in [4.69, 9.17) is 5.11 Å². The highest BCUT2D eigenvalue weighted by Crippen LogP contribution is 2.10. The van der Waals surface area contributed by atoms with Gasteiger partial charge < -0.3 is 10.4 Å². The SMILES string of the molecule is CC(=O)Nc1cccc(C#Cc2cncc(C(=O)O)c2)c1. The van der Waals surface area contributed by atoms with Gasteiger partial charge in [-0.3, -0.25) is 9.78 Å². The Balaban J connectivity index is 2.24. The summed E-state index contributed by atoms with van der Waals surface area (Å²) >= 11 is 0. The number of anilines is 1. The van der Waals surface area contributed by atoms with Gasteiger partial charge in [0.05, 0.1) is 5.56 Å². The Hall–Kier alpha value is -3.13. The maximum absolute atomic E-state index is 11.0. The first kappa shape index (κ1) is 14.3. The zero-order chi connectivity index (χ0) is 15.2. The summed E-state index contributed by atoms with van der Waals surface area (Å²) in [7, 11) is 0. The van der Waals surface area contributed by atoms with Crippen LogP contribution in [-0.2, 0) is 4.79 Å². The topological polar surface area (TPSA) is 79.3 Å². The fourth-order valence-corrected chi connectivity index (χ4v) is 1.65. The lowest BCUT2D eigenvalue weighted by Crippen LogP contribution is -2.05. The normalized spacial score (nSPS) is 9.38. The number of rotatable bonds is 2. The molecular weight excluding hydrogens is 268 g/mol. The van der Waals surface area contributed by atoms with Gasteiger partial charge in [-0.05, 0) is 24.3 Å². The van der Waals surface area contributed by atoms with Crippen LogP contribution >= 0.6 is 0 Å². The van der Waals surface area contributed by atoms with Gasteiger partial charge in [0, 0.05) is 36.1 Å². The molecule has 2 N–H and O–H groups in total. The summed E-state index contributed by atoms with van der Waals surface area (Å²) in [5.74, 6) is 4.56. The van der Waals surface area contributed by atoms with Crippen molar-refractivity contribution < 1.29 is 14.7 Å². The summed E-state index contributed by atoms with van der Waals surface area (Å²) in [6.07, 6.45) is 2.77. The molecule has 0 atom stereocenters. The summed E-state index contributed by atoms with van der Waals surface area (Å²) in [5, 5.41) is 11.6. The lowest BCUT2D eigenvalue weighted by molar-refractivity contribution is -0.114. The number of carbonyl (C=O) groups is 2. The number of pyridine rings is 1. The minimum Gasteiger partial charge on any atom is -0.478 e. The Morgan fingerprint density at radius 1 is 1.14 bits per heavy atom. The first-order valence-corrected chi connectivity index (χ1v) is 6.12. The first-order valence-electron chi connectivity index (χ1n) is 6.12. The molecule has 0 saturated carbocycles. The molecule has 1 aromatic carbocycles. The molecule has 0 unspecified atom stereocenters. The number of carboxylic acid groups (broad SMARTS) is 1. The molecule has 0 fully saturated rings. The van der Waals surface area contributed by atoms with E-state index in [1.807, 2.05) is 0 Å². The summed E-state index contributed by atoms with van der Waals surface area (Å²) in [6.45, 7) is 1.43. The quantitative estimate of drug-likeness (QED) is 0.826. The second-order valence-corrected chi connectivity index (χ2v) is 4.28. The van der Waals surface area contributed by atoms with E-state index >= 15 is 0 Å². The zero-order valence-electron chi connectivity index (χ0n) is 11.3. The fraction of sp³-hybridized carbons (Fsp3) is 0.0625. The van der Waals surface area contributed by atoms with Crippen LogP contribution in [0.2, 0.25) is 0 Å². The molecule has 5 nitrogen and oxygen atoms in total. The molecule has 2 aromatic rings. The van der Waals surface area contributed by atoms with E-state index in [0.29, 0.717) is 16.8 Å². The van der Waals surface area contributed by atoms with Crippen LogP contribution in [0.5, 0.6) is 0 Å². The number of carbonyl (C=O) groups excluding carboxylic acids is 1. The van der Waals surface area contributed by atoms with Crippen LogP contribution in [0.3, 0.4) is 0 Å². The van der Waals surface area contributed by atoms with Gasteiger partial charge in [0.1, 0.15) is 0 Å². The van der Waals surface area contributed by atoms with Crippen molar-refractivity contribution in [3.05, 3.63) is 59.4 Å². The molecule has 104 valence electrons. The molecule has 1 aromatic heterocycles. The van der Waals surface area contributed by atoms with Crippen molar-refractivity contribution in [1.29, 1.82) is 0 Å². The van der Waals surface area contributed by atoms with Gasteiger partial charge in [0.25, 0.3) is 0 Å². The van der Waals surface area contributed by atoms with Crippen LogP contribution in [0.25, 0.3) is 0 Å². The van der Waals surface area contributed by atoms with Crippen LogP contribution in [0.15, 0.2) is 42.7 Å². The molecule has 0 radical (unpaired) electrons. The Morgan fingerprint density at radius 3 is 2.62 bits per heavy atom. The highest BCUT2D eigenvalue weighted by atomic mass is 16.4. The summed E-state index contributed by atoms with van der Waals surface area (Å²) in [6, 6.07) is 8.54. The Morgan fingerprint density at radius 2 is 1.90 bits per heavy atom. The molecule has 0 aliphatic rings. The molecule has 0 saturated heterocycles. The lowest BCUT2D eigenvalue weighted by atomic mass is 10.1. The molecule has 21 heavy (non-hydrogen) atoms. The Bertz CT molecular complexity index is 757. The Kier molecular flexibility index (Phi) is 4.32. The van der Waals surface area contributed by atoms with Crippen molar-refractivity contribution in [2.75, 3.05) is 5.32 Å². The van der Waals surface area contributed by atoms with Gasteiger partial charge in [-0.2, -0.15) is 0 Å². The van der Waals surface area contributed by atoms with Crippen molar-refractivity contribution >= 4 is 17.6 Å². The zero-order valence-corrected chi connectivity index (χ0v) is 11.3. The minimum absolute atomic E-state index is 0.0915. The van der Waals surface area contributed by atoms with E-state index in [-0.39, 0.29) is 11.5 Å². The van der Waals surface area contributed by atoms with Crippen LogP contribution in [0.1, 0.15) is 28.4 Å². The predicted octanol–water partition coefficient (Wildman–Crippen LogP) is 2.14. The van der Waals surface area contributed by atoms with Gasteiger partial charge in [-0.15, -0.1) is 0 Å². The molecule has 2 rings (SSSR count). The van der Waals surface area contributed by atoms with Crippen LogP contribution in [0.4, 0.5) is 5.69 Å². The smallest absolute Gasteiger partial charge is 0.337 e. The standard InChI is InChI=1S/C16H12N2O3/c1-11(19)18-15-4-2-3-12(8-15)5-6-13-7-14(16(20)21)10-17-9-13/h2-4,7-10H,1H3,(H,18,19)(H,20,21). The fourth-order valence-electron chi connectivity index (χ4n) is 1.65. The van der Waals surface area contributed by atoms with E-state index in [1.165, 1.54) is 25.4 Å². The molecule has 0 bridgehead atoms. The number of nitrogens with one attached hydrogen (secondary N) is 1. The van der Waals surface area contributed by atoms with Crippen molar-refractivity contribution in [2.45, 2.75) is 6.92 Å². The molecular formula is C16H12N2O3. The highest BCUT2D eigenvalue weighted by Gasteiger charge is 2.02. The van der Waals surface area contributed by atoms with E-state index < -0.39 is 5.97 Å². The summed E-state index contributed by atoms with van der Waals surface area (Å²) < 4.78 is 0. The van der Waals surface area contributed by atoms with Crippen molar-refractivity contribution in [3.63, 3.8) is 0 Å². The average molecular weight is 280 g/mol. The van der Waals surface area contributed by atoms with Crippen molar-refractivity contribution in [3.8, 4) is 11.8 Å². The first-order chi connectivity index (χ1) is 10.0. The van der Waals surface area contributed by atoms with Crippen LogP contribution in [-0.4, -0.2) is 22.0 Å². The number of aromatic carboxylic acids is 1. The molecule has 0 aliphatic carbocycles. The third kappa shape index (κ3) is 4.18. The molecule has 0 aliphatic heterocycles. The lowest BCUT2D eigenvalue weighted by Gasteiger charge is -2.01. The summed E-state index contributed by atoms with van der Waals surface area (Å²) in [4.78, 5) is 25.7. The number of aromatic nitrogens is 1. The average Bonchev–Trinajstić information content (AvgIpc) is 2.45. The van der Waals surface area contributed by atoms with Crippen molar-refractivity contribution in [1.82, 2.24) is 4.98 Å². The third-order valence-electron chi connectivity index (χ3n) is 2.52. The maximum Gasteiger partial charge on any atom is 0.337 e. The number of hydrogen-bond acceptors (Lipinski definition) is 3. The molecule has 1 heterocycles. The van der Waals surface area contributed by atoms with Crippen LogP contribution in [0, 0.1) is 11.8 Å². The van der Waals surface area contributed by atoms with Gasteiger partial charge >= 0.3 is 5.97 Å². The second-order valence-electron chi connectivity index (χ2n) is 4.28. The van der Waals surface area contributed by atoms with E-state index in [2.05, 4.69) is 22.1 Å². The number of carboxylic acids is 1. The van der Waals surface area contributed by atoms with Gasteiger partial charge in [0.2, 0.25) is 5.91 Å². The molecule has 0 spiro atoms. The van der Waals surface area contributed by atoms with Gasteiger partial charge in [-0.25, -0.2) is 4.79 Å². The second kappa shape index (κ2) is 6.35.